The van der Waals surface area contributed by atoms with E-state index in [1.54, 1.807) is 0 Å². The number of hydrogen-bond donors (Lipinski definition) is 2. The van der Waals surface area contributed by atoms with E-state index < -0.39 is 6.04 Å². The minimum Gasteiger partial charge on any atom is -0.493 e. The number of rotatable bonds is 4. The van der Waals surface area contributed by atoms with E-state index in [2.05, 4.69) is 5.32 Å². The molecule has 1 aromatic rings. The van der Waals surface area contributed by atoms with E-state index in [1.165, 1.54) is 0 Å². The molecular weight excluding hydrogens is 264 g/mol. The van der Waals surface area contributed by atoms with Crippen molar-refractivity contribution in [1.82, 2.24) is 5.32 Å². The molecule has 0 aliphatic carbocycles. The van der Waals surface area contributed by atoms with Gasteiger partial charge in [-0.15, -0.1) is 12.4 Å². The van der Waals surface area contributed by atoms with E-state index in [4.69, 9.17) is 10.5 Å². The molecule has 0 fully saturated rings. The number of ether oxygens (including phenoxy) is 1. The number of hydrogen-bond acceptors (Lipinski definition) is 3. The molecule has 3 N–H and O–H groups in total. The highest BCUT2D eigenvalue weighted by Gasteiger charge is 2.24. The van der Waals surface area contributed by atoms with Crippen LogP contribution >= 0.6 is 12.4 Å². The van der Waals surface area contributed by atoms with Crippen LogP contribution in [0.2, 0.25) is 0 Å². The normalized spacial score (nSPS) is 18.5. The molecular formula is C14H21ClN2O2. The Morgan fingerprint density at radius 1 is 1.53 bits per heavy atom. The molecule has 1 aliphatic rings. The van der Waals surface area contributed by atoms with Gasteiger partial charge >= 0.3 is 0 Å². The second kappa shape index (κ2) is 7.36. The SMILES string of the molecule is CCCC(N)C(=O)NC1CCOc2ccccc21.Cl. The highest BCUT2D eigenvalue weighted by Crippen LogP contribution is 2.31. The summed E-state index contributed by atoms with van der Waals surface area (Å²) < 4.78 is 5.56. The number of benzene rings is 1. The summed E-state index contributed by atoms with van der Waals surface area (Å²) >= 11 is 0. The van der Waals surface area contributed by atoms with Gasteiger partial charge in [-0.1, -0.05) is 31.5 Å². The maximum atomic E-state index is 11.9. The summed E-state index contributed by atoms with van der Waals surface area (Å²) in [6.07, 6.45) is 2.43. The zero-order valence-electron chi connectivity index (χ0n) is 11.1. The van der Waals surface area contributed by atoms with Gasteiger partial charge in [0.25, 0.3) is 0 Å². The Morgan fingerprint density at radius 2 is 2.26 bits per heavy atom. The number of nitrogens with one attached hydrogen (secondary N) is 1. The van der Waals surface area contributed by atoms with Crippen LogP contribution in [0.15, 0.2) is 24.3 Å². The van der Waals surface area contributed by atoms with Gasteiger partial charge in [0.2, 0.25) is 5.91 Å². The molecule has 0 spiro atoms. The van der Waals surface area contributed by atoms with Gasteiger partial charge in [-0.2, -0.15) is 0 Å². The van der Waals surface area contributed by atoms with Crippen LogP contribution in [0.25, 0.3) is 0 Å². The van der Waals surface area contributed by atoms with Crippen molar-refractivity contribution in [3.05, 3.63) is 29.8 Å². The summed E-state index contributed by atoms with van der Waals surface area (Å²) in [5.74, 6) is 0.789. The van der Waals surface area contributed by atoms with Crippen LogP contribution in [0.4, 0.5) is 0 Å². The average molecular weight is 285 g/mol. The number of carbonyl (C=O) groups excluding carboxylic acids is 1. The van der Waals surface area contributed by atoms with Gasteiger partial charge in [0.05, 0.1) is 18.7 Å². The first-order chi connectivity index (χ1) is 8.72. The van der Waals surface area contributed by atoms with Gasteiger partial charge in [0.1, 0.15) is 5.75 Å². The summed E-state index contributed by atoms with van der Waals surface area (Å²) in [5, 5.41) is 3.02. The van der Waals surface area contributed by atoms with E-state index in [0.29, 0.717) is 6.61 Å². The van der Waals surface area contributed by atoms with Gasteiger partial charge in [-0.05, 0) is 12.5 Å². The van der Waals surface area contributed by atoms with Gasteiger partial charge in [0.15, 0.2) is 0 Å². The molecule has 4 nitrogen and oxygen atoms in total. The molecule has 1 amide bonds. The van der Waals surface area contributed by atoms with Gasteiger partial charge in [0, 0.05) is 12.0 Å². The second-order valence-electron chi connectivity index (χ2n) is 4.63. The fourth-order valence-corrected chi connectivity index (χ4v) is 2.21. The molecule has 0 saturated carbocycles. The highest BCUT2D eigenvalue weighted by atomic mass is 35.5. The third-order valence-electron chi connectivity index (χ3n) is 3.21. The third kappa shape index (κ3) is 3.85. The Hall–Kier alpha value is -1.26. The predicted octanol–water partition coefficient (Wildman–Crippen LogP) is 2.18. The number of para-hydroxylation sites is 1. The first-order valence-corrected chi connectivity index (χ1v) is 6.50. The van der Waals surface area contributed by atoms with Gasteiger partial charge < -0.3 is 15.8 Å². The molecule has 0 radical (unpaired) electrons. The molecule has 1 aliphatic heterocycles. The van der Waals surface area contributed by atoms with Crippen molar-refractivity contribution >= 4 is 18.3 Å². The molecule has 0 aromatic heterocycles. The van der Waals surface area contributed by atoms with E-state index in [9.17, 15) is 4.79 Å². The monoisotopic (exact) mass is 284 g/mol. The van der Waals surface area contributed by atoms with Crippen molar-refractivity contribution in [1.29, 1.82) is 0 Å². The Balaban J connectivity index is 0.00000180. The lowest BCUT2D eigenvalue weighted by molar-refractivity contribution is -0.123. The quantitative estimate of drug-likeness (QED) is 0.891. The summed E-state index contributed by atoms with van der Waals surface area (Å²) in [6.45, 7) is 2.65. The number of amides is 1. The first kappa shape index (κ1) is 15.8. The van der Waals surface area contributed by atoms with Crippen molar-refractivity contribution in [3.63, 3.8) is 0 Å². The fraction of sp³-hybridized carbons (Fsp3) is 0.500. The number of carbonyl (C=O) groups is 1. The van der Waals surface area contributed by atoms with Crippen LogP contribution in [0, 0.1) is 0 Å². The first-order valence-electron chi connectivity index (χ1n) is 6.50. The highest BCUT2D eigenvalue weighted by molar-refractivity contribution is 5.85. The zero-order valence-corrected chi connectivity index (χ0v) is 11.9. The number of nitrogens with two attached hydrogens (primary N) is 1. The van der Waals surface area contributed by atoms with Crippen molar-refractivity contribution in [2.24, 2.45) is 5.73 Å². The number of fused-ring (bicyclic) bond motifs is 1. The molecule has 2 unspecified atom stereocenters. The van der Waals surface area contributed by atoms with Crippen LogP contribution in [-0.2, 0) is 4.79 Å². The zero-order chi connectivity index (χ0) is 13.0. The summed E-state index contributed by atoms with van der Waals surface area (Å²) in [7, 11) is 0. The molecule has 19 heavy (non-hydrogen) atoms. The third-order valence-corrected chi connectivity index (χ3v) is 3.21. The molecule has 2 rings (SSSR count). The maximum Gasteiger partial charge on any atom is 0.237 e. The minimum atomic E-state index is -0.412. The Kier molecular flexibility index (Phi) is 6.12. The fourth-order valence-electron chi connectivity index (χ4n) is 2.21. The topological polar surface area (TPSA) is 64.4 Å². The second-order valence-corrected chi connectivity index (χ2v) is 4.63. The lowest BCUT2D eigenvalue weighted by Gasteiger charge is -2.27. The minimum absolute atomic E-state index is 0. The summed E-state index contributed by atoms with van der Waals surface area (Å²) in [5.41, 5.74) is 6.86. The summed E-state index contributed by atoms with van der Waals surface area (Å²) in [6, 6.07) is 7.42. The molecule has 5 heteroatoms. The van der Waals surface area contributed by atoms with Crippen molar-refractivity contribution < 1.29 is 9.53 Å². The number of halogens is 1. The Bertz CT molecular complexity index is 426. The standard InChI is InChI=1S/C14H20N2O2.ClH/c1-2-5-11(15)14(17)16-12-8-9-18-13-7-4-3-6-10(12)13;/h3-4,6-7,11-12H,2,5,8-9,15H2,1H3,(H,16,17);1H. The van der Waals surface area contributed by atoms with E-state index in [0.717, 1.165) is 30.6 Å². The lowest BCUT2D eigenvalue weighted by atomic mass is 10.00. The van der Waals surface area contributed by atoms with Crippen LogP contribution in [0.3, 0.4) is 0 Å². The van der Waals surface area contributed by atoms with Crippen molar-refractivity contribution in [2.45, 2.75) is 38.3 Å². The Labute approximate surface area is 120 Å². The average Bonchev–Trinajstić information content (AvgIpc) is 2.39. The van der Waals surface area contributed by atoms with E-state index in [-0.39, 0.29) is 24.4 Å². The summed E-state index contributed by atoms with van der Waals surface area (Å²) in [4.78, 5) is 11.9. The molecule has 2 atom stereocenters. The van der Waals surface area contributed by atoms with Crippen LogP contribution < -0.4 is 15.8 Å². The maximum absolute atomic E-state index is 11.9. The largest absolute Gasteiger partial charge is 0.493 e. The van der Waals surface area contributed by atoms with E-state index in [1.807, 2.05) is 31.2 Å². The molecule has 0 saturated heterocycles. The predicted molar refractivity (Wildman–Crippen MR) is 77.6 cm³/mol. The molecule has 1 heterocycles. The van der Waals surface area contributed by atoms with Crippen LogP contribution in [-0.4, -0.2) is 18.6 Å². The van der Waals surface area contributed by atoms with E-state index >= 15 is 0 Å². The van der Waals surface area contributed by atoms with Gasteiger partial charge in [-0.3, -0.25) is 4.79 Å². The van der Waals surface area contributed by atoms with Gasteiger partial charge in [-0.25, -0.2) is 0 Å². The Morgan fingerprint density at radius 3 is 3.00 bits per heavy atom. The smallest absolute Gasteiger partial charge is 0.237 e. The lowest BCUT2D eigenvalue weighted by Crippen LogP contribution is -2.43. The van der Waals surface area contributed by atoms with Crippen molar-refractivity contribution in [3.8, 4) is 5.75 Å². The van der Waals surface area contributed by atoms with Crippen molar-refractivity contribution in [2.75, 3.05) is 6.61 Å². The molecule has 1 aromatic carbocycles. The van der Waals surface area contributed by atoms with Crippen LogP contribution in [0.1, 0.15) is 37.8 Å². The molecule has 0 bridgehead atoms. The van der Waals surface area contributed by atoms with Crippen LogP contribution in [0.5, 0.6) is 5.75 Å². The molecule has 106 valence electrons.